The first-order valence-electron chi connectivity index (χ1n) is 8.42. The normalized spacial score (nSPS) is 10.9. The topological polar surface area (TPSA) is 51.0 Å². The maximum absolute atomic E-state index is 10.2. The monoisotopic (exact) mass is 381 g/mol. The molecule has 1 N–H and O–H groups in total. The lowest BCUT2D eigenvalue weighted by Gasteiger charge is -2.08. The van der Waals surface area contributed by atoms with E-state index in [9.17, 15) is 5.11 Å². The lowest BCUT2D eigenvalue weighted by atomic mass is 10.0. The Bertz CT molecular complexity index is 970. The van der Waals surface area contributed by atoms with Crippen molar-refractivity contribution in [1.82, 2.24) is 0 Å². The molecule has 0 amide bonds. The highest BCUT2D eigenvalue weighted by molar-refractivity contribution is 6.31. The molecule has 0 saturated carbocycles. The molecule has 5 heteroatoms. The lowest BCUT2D eigenvalue weighted by Crippen LogP contribution is -1.92. The van der Waals surface area contributed by atoms with Crippen molar-refractivity contribution >= 4 is 23.5 Å². The van der Waals surface area contributed by atoms with Crippen LogP contribution in [0, 0.1) is 0 Å². The Kier molecular flexibility index (Phi) is 5.99. The summed E-state index contributed by atoms with van der Waals surface area (Å²) < 4.78 is 10.6. The molecule has 0 aliphatic rings. The van der Waals surface area contributed by atoms with Crippen molar-refractivity contribution in [3.8, 4) is 17.2 Å². The molecule has 0 aliphatic heterocycles. The van der Waals surface area contributed by atoms with E-state index in [4.69, 9.17) is 21.1 Å². The van der Waals surface area contributed by atoms with Crippen LogP contribution in [0.4, 0.5) is 5.69 Å². The zero-order valence-electron chi connectivity index (χ0n) is 15.1. The van der Waals surface area contributed by atoms with Gasteiger partial charge in [-0.2, -0.15) is 0 Å². The number of aromatic hydroxyl groups is 1. The smallest absolute Gasteiger partial charge is 0.144 e. The molecule has 0 aromatic heterocycles. The van der Waals surface area contributed by atoms with Crippen molar-refractivity contribution in [1.29, 1.82) is 0 Å². The number of phenols is 1. The molecule has 3 aromatic carbocycles. The van der Waals surface area contributed by atoms with Gasteiger partial charge >= 0.3 is 0 Å². The van der Waals surface area contributed by atoms with Crippen molar-refractivity contribution < 1.29 is 14.6 Å². The van der Waals surface area contributed by atoms with Gasteiger partial charge in [-0.3, -0.25) is 4.99 Å². The Morgan fingerprint density at radius 3 is 2.56 bits per heavy atom. The highest BCUT2D eigenvalue weighted by Gasteiger charge is 2.06. The van der Waals surface area contributed by atoms with E-state index in [-0.39, 0.29) is 5.75 Å². The maximum Gasteiger partial charge on any atom is 0.144 e. The minimum Gasteiger partial charge on any atom is -0.507 e. The summed E-state index contributed by atoms with van der Waals surface area (Å²) in [6.07, 6.45) is 2.28. The Labute approximate surface area is 163 Å². The van der Waals surface area contributed by atoms with Gasteiger partial charge in [-0.1, -0.05) is 35.9 Å². The number of methoxy groups -OCH3 is 2. The first kappa shape index (κ1) is 18.8. The zero-order chi connectivity index (χ0) is 19.2. The third-order valence-electron chi connectivity index (χ3n) is 4.17. The van der Waals surface area contributed by atoms with Crippen LogP contribution in [-0.2, 0) is 6.42 Å². The predicted molar refractivity (Wildman–Crippen MR) is 109 cm³/mol. The minimum absolute atomic E-state index is 0.156. The molecule has 3 rings (SSSR count). The fourth-order valence-corrected chi connectivity index (χ4v) is 2.92. The summed E-state index contributed by atoms with van der Waals surface area (Å²) in [6, 6.07) is 18.5. The van der Waals surface area contributed by atoms with Gasteiger partial charge in [0.05, 0.1) is 14.2 Å². The summed E-state index contributed by atoms with van der Waals surface area (Å²) in [4.78, 5) is 4.47. The van der Waals surface area contributed by atoms with Crippen molar-refractivity contribution in [2.45, 2.75) is 6.42 Å². The predicted octanol–water partition coefficient (Wildman–Crippen LogP) is 5.40. The fourth-order valence-electron chi connectivity index (χ4n) is 2.72. The van der Waals surface area contributed by atoms with Crippen LogP contribution in [0.3, 0.4) is 0 Å². The molecule has 0 bridgehead atoms. The van der Waals surface area contributed by atoms with E-state index in [1.54, 1.807) is 44.7 Å². The third kappa shape index (κ3) is 4.60. The molecular weight excluding hydrogens is 362 g/mol. The molecule has 0 unspecified atom stereocenters. The molecule has 0 fully saturated rings. The SMILES string of the molecule is COc1ccc(OC)c(N=Cc2cc(Cc3ccccc3Cl)ccc2O)c1. The number of halogens is 1. The van der Waals surface area contributed by atoms with Crippen LogP contribution in [0.15, 0.2) is 65.7 Å². The van der Waals surface area contributed by atoms with Crippen LogP contribution in [0.25, 0.3) is 0 Å². The second-order valence-corrected chi connectivity index (χ2v) is 6.36. The summed E-state index contributed by atoms with van der Waals surface area (Å²) >= 11 is 6.25. The number of hydrogen-bond donors (Lipinski definition) is 1. The van der Waals surface area contributed by atoms with Gasteiger partial charge in [0.1, 0.15) is 22.9 Å². The molecule has 4 nitrogen and oxygen atoms in total. The molecular formula is C22H20ClNO3. The van der Waals surface area contributed by atoms with E-state index in [0.717, 1.165) is 16.1 Å². The van der Waals surface area contributed by atoms with Crippen LogP contribution in [0.5, 0.6) is 17.2 Å². The number of ether oxygens (including phenoxy) is 2. The van der Waals surface area contributed by atoms with E-state index in [1.165, 1.54) is 0 Å². The number of phenolic OH excluding ortho intramolecular Hbond substituents is 1. The quantitative estimate of drug-likeness (QED) is 0.581. The fraction of sp³-hybridized carbons (Fsp3) is 0.136. The second-order valence-electron chi connectivity index (χ2n) is 5.96. The zero-order valence-corrected chi connectivity index (χ0v) is 15.9. The first-order chi connectivity index (χ1) is 13.1. The molecule has 138 valence electrons. The molecule has 0 heterocycles. The molecule has 27 heavy (non-hydrogen) atoms. The Morgan fingerprint density at radius 2 is 1.81 bits per heavy atom. The van der Waals surface area contributed by atoms with Gasteiger partial charge in [-0.15, -0.1) is 0 Å². The van der Waals surface area contributed by atoms with Crippen LogP contribution in [-0.4, -0.2) is 25.5 Å². The van der Waals surface area contributed by atoms with Crippen LogP contribution in [0.1, 0.15) is 16.7 Å². The summed E-state index contributed by atoms with van der Waals surface area (Å²) in [7, 11) is 3.18. The number of hydrogen-bond acceptors (Lipinski definition) is 4. The Hall–Kier alpha value is -2.98. The maximum atomic E-state index is 10.2. The van der Waals surface area contributed by atoms with Crippen molar-refractivity contribution in [2.75, 3.05) is 14.2 Å². The summed E-state index contributed by atoms with van der Waals surface area (Å²) in [5.74, 6) is 1.46. The van der Waals surface area contributed by atoms with Crippen molar-refractivity contribution in [2.24, 2.45) is 4.99 Å². The Morgan fingerprint density at radius 1 is 1.00 bits per heavy atom. The molecule has 0 aliphatic carbocycles. The third-order valence-corrected chi connectivity index (χ3v) is 4.54. The second kappa shape index (κ2) is 8.60. The number of nitrogens with zero attached hydrogens (tertiary/aromatic N) is 1. The van der Waals surface area contributed by atoms with Gasteiger partial charge in [0.15, 0.2) is 0 Å². The number of aliphatic imine (C=N–C) groups is 1. The van der Waals surface area contributed by atoms with Crippen LogP contribution < -0.4 is 9.47 Å². The molecule has 0 saturated heterocycles. The van der Waals surface area contributed by atoms with Crippen molar-refractivity contribution in [3.63, 3.8) is 0 Å². The summed E-state index contributed by atoms with van der Waals surface area (Å²) in [5.41, 5.74) is 3.29. The van der Waals surface area contributed by atoms with E-state index < -0.39 is 0 Å². The van der Waals surface area contributed by atoms with Crippen molar-refractivity contribution in [3.05, 3.63) is 82.4 Å². The minimum atomic E-state index is 0.156. The molecule has 0 radical (unpaired) electrons. The van der Waals surface area contributed by atoms with E-state index >= 15 is 0 Å². The van der Waals surface area contributed by atoms with E-state index in [1.807, 2.05) is 36.4 Å². The lowest BCUT2D eigenvalue weighted by molar-refractivity contribution is 0.404. The highest BCUT2D eigenvalue weighted by Crippen LogP contribution is 2.32. The van der Waals surface area contributed by atoms with Gasteiger partial charge in [-0.05, 0) is 47.9 Å². The van der Waals surface area contributed by atoms with Gasteiger partial charge in [-0.25, -0.2) is 0 Å². The van der Waals surface area contributed by atoms with Gasteiger partial charge in [0.2, 0.25) is 0 Å². The molecule has 0 atom stereocenters. The van der Waals surface area contributed by atoms with Gasteiger partial charge in [0.25, 0.3) is 0 Å². The standard InChI is InChI=1S/C22H20ClNO3/c1-26-18-8-10-22(27-2)20(13-18)24-14-17-12-15(7-9-21(17)25)11-16-5-3-4-6-19(16)23/h3-10,12-14,25H,11H2,1-2H3. The van der Waals surface area contributed by atoms with Crippen LogP contribution in [0.2, 0.25) is 5.02 Å². The Balaban J connectivity index is 1.89. The highest BCUT2D eigenvalue weighted by atomic mass is 35.5. The van der Waals surface area contributed by atoms with Gasteiger partial charge in [0, 0.05) is 22.9 Å². The van der Waals surface area contributed by atoms with Crippen LogP contribution >= 0.6 is 11.6 Å². The van der Waals surface area contributed by atoms with E-state index in [2.05, 4.69) is 4.99 Å². The average molecular weight is 382 g/mol. The van der Waals surface area contributed by atoms with Gasteiger partial charge < -0.3 is 14.6 Å². The summed E-state index contributed by atoms with van der Waals surface area (Å²) in [5, 5.41) is 10.9. The molecule has 3 aromatic rings. The van der Waals surface area contributed by atoms with E-state index in [0.29, 0.717) is 29.2 Å². The number of benzene rings is 3. The number of rotatable bonds is 6. The average Bonchev–Trinajstić information content (AvgIpc) is 2.69. The molecule has 0 spiro atoms. The first-order valence-corrected chi connectivity index (χ1v) is 8.80. The summed E-state index contributed by atoms with van der Waals surface area (Å²) in [6.45, 7) is 0. The largest absolute Gasteiger partial charge is 0.507 e.